The largest absolute Gasteiger partial charge is 0.440 e. The quantitative estimate of drug-likeness (QED) is 0.666. The van der Waals surface area contributed by atoms with Gasteiger partial charge < -0.3 is 23.9 Å². The van der Waals surface area contributed by atoms with Crippen LogP contribution in [0.1, 0.15) is 10.6 Å². The van der Waals surface area contributed by atoms with Crippen LogP contribution in [0.2, 0.25) is 5.22 Å². The van der Waals surface area contributed by atoms with Gasteiger partial charge in [-0.3, -0.25) is 14.4 Å². The van der Waals surface area contributed by atoms with Gasteiger partial charge in [-0.2, -0.15) is 0 Å². The Kier molecular flexibility index (Phi) is 5.06. The number of carbonyl (C=O) groups is 3. The van der Waals surface area contributed by atoms with E-state index in [0.717, 1.165) is 0 Å². The van der Waals surface area contributed by atoms with E-state index in [4.69, 9.17) is 20.8 Å². The topological polar surface area (TPSA) is 83.3 Å². The molecule has 24 heavy (non-hydrogen) atoms. The van der Waals surface area contributed by atoms with E-state index in [1.54, 1.807) is 4.90 Å². The second-order valence-electron chi connectivity index (χ2n) is 5.59. The molecule has 3 heterocycles. The van der Waals surface area contributed by atoms with Gasteiger partial charge in [0, 0.05) is 39.3 Å². The lowest BCUT2D eigenvalue weighted by molar-refractivity contribution is -0.154. The van der Waals surface area contributed by atoms with E-state index in [0.29, 0.717) is 52.5 Å². The van der Waals surface area contributed by atoms with Gasteiger partial charge in [0.1, 0.15) is 0 Å². The number of carbonyl (C=O) groups excluding carboxylic acids is 3. The van der Waals surface area contributed by atoms with Crippen LogP contribution >= 0.6 is 11.6 Å². The first-order chi connectivity index (χ1) is 11.6. The minimum Gasteiger partial charge on any atom is -0.440 e. The summed E-state index contributed by atoms with van der Waals surface area (Å²) in [4.78, 5) is 41.3. The van der Waals surface area contributed by atoms with Crippen molar-refractivity contribution in [1.82, 2.24) is 14.7 Å². The smallest absolute Gasteiger partial charge is 0.312 e. The number of nitrogens with zero attached hydrogens (tertiary/aromatic N) is 3. The van der Waals surface area contributed by atoms with Gasteiger partial charge in [0.25, 0.3) is 5.91 Å². The van der Waals surface area contributed by atoms with Crippen molar-refractivity contribution in [3.8, 4) is 0 Å². The highest BCUT2D eigenvalue weighted by Crippen LogP contribution is 2.16. The molecule has 2 fully saturated rings. The second-order valence-corrected chi connectivity index (χ2v) is 5.97. The summed E-state index contributed by atoms with van der Waals surface area (Å²) in [5.74, 6) is -1.13. The zero-order chi connectivity index (χ0) is 17.1. The van der Waals surface area contributed by atoms with Crippen molar-refractivity contribution >= 4 is 29.3 Å². The van der Waals surface area contributed by atoms with E-state index < -0.39 is 11.8 Å². The maximum Gasteiger partial charge on any atom is 0.312 e. The lowest BCUT2D eigenvalue weighted by Gasteiger charge is -2.35. The van der Waals surface area contributed by atoms with Gasteiger partial charge in [0.15, 0.2) is 11.0 Å². The van der Waals surface area contributed by atoms with E-state index >= 15 is 0 Å². The normalized spacial score (nSPS) is 18.6. The van der Waals surface area contributed by atoms with E-state index in [1.165, 1.54) is 21.9 Å². The Morgan fingerprint density at radius 1 is 0.833 bits per heavy atom. The molecule has 0 saturated carbocycles. The number of halogens is 1. The fraction of sp³-hybridized carbons (Fsp3) is 0.533. The zero-order valence-corrected chi connectivity index (χ0v) is 13.8. The summed E-state index contributed by atoms with van der Waals surface area (Å²) in [5, 5.41) is 0.156. The molecule has 2 saturated heterocycles. The fourth-order valence-electron chi connectivity index (χ4n) is 2.73. The van der Waals surface area contributed by atoms with E-state index in [9.17, 15) is 14.4 Å². The van der Waals surface area contributed by atoms with Crippen LogP contribution in [0.15, 0.2) is 16.5 Å². The Bertz CT molecular complexity index is 633. The van der Waals surface area contributed by atoms with E-state index in [1.807, 2.05) is 0 Å². The zero-order valence-electron chi connectivity index (χ0n) is 13.1. The summed E-state index contributed by atoms with van der Waals surface area (Å²) in [6, 6.07) is 3.03. The summed E-state index contributed by atoms with van der Waals surface area (Å²) in [6.45, 7) is 3.09. The molecular formula is C15H18ClN3O5. The summed E-state index contributed by atoms with van der Waals surface area (Å²) in [7, 11) is 0. The van der Waals surface area contributed by atoms with Crippen LogP contribution in [0.25, 0.3) is 0 Å². The van der Waals surface area contributed by atoms with Gasteiger partial charge in [-0.15, -0.1) is 0 Å². The first-order valence-electron chi connectivity index (χ1n) is 7.77. The molecule has 3 rings (SSSR count). The lowest BCUT2D eigenvalue weighted by Crippen LogP contribution is -2.55. The van der Waals surface area contributed by atoms with Gasteiger partial charge in [-0.25, -0.2) is 0 Å². The SMILES string of the molecule is O=C(C(=O)N1CCN(C(=O)c2ccc(Cl)o2)CC1)N1CCOCC1. The van der Waals surface area contributed by atoms with Crippen molar-refractivity contribution in [2.24, 2.45) is 0 Å². The van der Waals surface area contributed by atoms with Crippen molar-refractivity contribution in [2.75, 3.05) is 52.5 Å². The number of hydrogen-bond donors (Lipinski definition) is 0. The van der Waals surface area contributed by atoms with Gasteiger partial charge >= 0.3 is 11.8 Å². The van der Waals surface area contributed by atoms with Gasteiger partial charge in [-0.05, 0) is 23.7 Å². The van der Waals surface area contributed by atoms with Gasteiger partial charge in [0.05, 0.1) is 13.2 Å². The molecule has 0 radical (unpaired) electrons. The molecule has 0 atom stereocenters. The fourth-order valence-corrected chi connectivity index (χ4v) is 2.88. The molecular weight excluding hydrogens is 338 g/mol. The summed E-state index contributed by atoms with van der Waals surface area (Å²) in [6.07, 6.45) is 0. The molecule has 9 heteroatoms. The Labute approximate surface area is 143 Å². The first kappa shape index (κ1) is 16.8. The highest BCUT2D eigenvalue weighted by molar-refractivity contribution is 6.35. The molecule has 3 amide bonds. The molecule has 8 nitrogen and oxygen atoms in total. The highest BCUT2D eigenvalue weighted by atomic mass is 35.5. The van der Waals surface area contributed by atoms with Crippen LogP contribution < -0.4 is 0 Å². The summed E-state index contributed by atoms with van der Waals surface area (Å²) in [5.41, 5.74) is 0. The third kappa shape index (κ3) is 3.54. The molecule has 2 aliphatic rings. The predicted molar refractivity (Wildman–Crippen MR) is 83.6 cm³/mol. The van der Waals surface area contributed by atoms with Crippen molar-refractivity contribution < 1.29 is 23.5 Å². The molecule has 2 aliphatic heterocycles. The van der Waals surface area contributed by atoms with Crippen LogP contribution in [0, 0.1) is 0 Å². The van der Waals surface area contributed by atoms with Crippen molar-refractivity contribution in [2.45, 2.75) is 0 Å². The minimum absolute atomic E-state index is 0.156. The Morgan fingerprint density at radius 2 is 1.38 bits per heavy atom. The monoisotopic (exact) mass is 355 g/mol. The number of hydrogen-bond acceptors (Lipinski definition) is 5. The molecule has 0 N–H and O–H groups in total. The molecule has 0 aromatic carbocycles. The number of rotatable bonds is 1. The molecule has 1 aromatic rings. The average molecular weight is 356 g/mol. The third-order valence-electron chi connectivity index (χ3n) is 4.12. The van der Waals surface area contributed by atoms with Crippen LogP contribution in [0.4, 0.5) is 0 Å². The third-order valence-corrected chi connectivity index (χ3v) is 4.32. The molecule has 0 aliphatic carbocycles. The number of piperazine rings is 1. The summed E-state index contributed by atoms with van der Waals surface area (Å²) < 4.78 is 10.3. The molecule has 1 aromatic heterocycles. The Hall–Kier alpha value is -2.06. The number of ether oxygens (including phenoxy) is 1. The Morgan fingerprint density at radius 3 is 1.92 bits per heavy atom. The summed E-state index contributed by atoms with van der Waals surface area (Å²) >= 11 is 5.68. The Balaban J connectivity index is 1.53. The average Bonchev–Trinajstić information content (AvgIpc) is 3.07. The predicted octanol–water partition coefficient (Wildman–Crippen LogP) is 0.0762. The van der Waals surface area contributed by atoms with E-state index in [2.05, 4.69) is 0 Å². The van der Waals surface area contributed by atoms with Crippen LogP contribution in [0.5, 0.6) is 0 Å². The van der Waals surface area contributed by atoms with Gasteiger partial charge in [-0.1, -0.05) is 0 Å². The van der Waals surface area contributed by atoms with Crippen LogP contribution in [-0.2, 0) is 14.3 Å². The molecule has 0 bridgehead atoms. The minimum atomic E-state index is -0.523. The second kappa shape index (κ2) is 7.23. The first-order valence-corrected chi connectivity index (χ1v) is 8.14. The molecule has 0 unspecified atom stereocenters. The number of morpholine rings is 1. The van der Waals surface area contributed by atoms with Gasteiger partial charge in [0.2, 0.25) is 0 Å². The molecule has 0 spiro atoms. The van der Waals surface area contributed by atoms with Crippen LogP contribution in [-0.4, -0.2) is 84.9 Å². The van der Waals surface area contributed by atoms with Crippen LogP contribution in [0.3, 0.4) is 0 Å². The standard InChI is InChI=1S/C15H18ClN3O5/c16-12-2-1-11(24-12)13(20)17-3-5-18(6-4-17)14(21)15(22)19-7-9-23-10-8-19/h1-2H,3-10H2. The van der Waals surface area contributed by atoms with Crippen molar-refractivity contribution in [3.63, 3.8) is 0 Å². The lowest BCUT2D eigenvalue weighted by atomic mass is 10.2. The number of amides is 3. The maximum atomic E-state index is 12.3. The molecule has 130 valence electrons. The van der Waals surface area contributed by atoms with Crippen molar-refractivity contribution in [3.05, 3.63) is 23.1 Å². The highest BCUT2D eigenvalue weighted by Gasteiger charge is 2.32. The van der Waals surface area contributed by atoms with E-state index in [-0.39, 0.29) is 16.9 Å². The van der Waals surface area contributed by atoms with Crippen molar-refractivity contribution in [1.29, 1.82) is 0 Å². The number of furan rings is 1. The maximum absolute atomic E-state index is 12.3.